The van der Waals surface area contributed by atoms with E-state index in [4.69, 9.17) is 11.5 Å². The van der Waals surface area contributed by atoms with Gasteiger partial charge in [0.05, 0.1) is 11.3 Å². The molecule has 0 aliphatic carbocycles. The molecule has 1 amide bonds. The van der Waals surface area contributed by atoms with Gasteiger partial charge in [-0.15, -0.1) is 11.3 Å². The van der Waals surface area contributed by atoms with E-state index in [1.54, 1.807) is 11.3 Å². The molecule has 0 aliphatic rings. The van der Waals surface area contributed by atoms with Gasteiger partial charge in [-0.3, -0.25) is 4.79 Å². The molecule has 0 spiro atoms. The van der Waals surface area contributed by atoms with Crippen molar-refractivity contribution in [3.8, 4) is 0 Å². The smallest absolute Gasteiger partial charge is 0.250 e. The zero-order valence-corrected chi connectivity index (χ0v) is 11.9. The van der Waals surface area contributed by atoms with Crippen LogP contribution in [0.4, 0.5) is 15.8 Å². The van der Waals surface area contributed by atoms with Gasteiger partial charge < -0.3 is 16.8 Å². The number of carbonyl (C=O) groups excluding carboxylic acids is 1. The first-order chi connectivity index (χ1) is 9.52. The Labute approximate surface area is 120 Å². The number of carbonyl (C=O) groups is 1. The highest BCUT2D eigenvalue weighted by Gasteiger charge is 2.12. The summed E-state index contributed by atoms with van der Waals surface area (Å²) in [6.07, 6.45) is 0.928. The topological polar surface area (TPSA) is 81.1 Å². The van der Waals surface area contributed by atoms with E-state index >= 15 is 0 Å². The number of amides is 1. The molecule has 6 heteroatoms. The molecule has 4 nitrogen and oxygen atoms in total. The lowest BCUT2D eigenvalue weighted by molar-refractivity contribution is 0.100. The minimum Gasteiger partial charge on any atom is -0.398 e. The Morgan fingerprint density at radius 1 is 1.45 bits per heavy atom. The molecule has 2 aromatic rings. The van der Waals surface area contributed by atoms with Crippen molar-refractivity contribution in [1.29, 1.82) is 0 Å². The van der Waals surface area contributed by atoms with Crippen LogP contribution in [0.15, 0.2) is 23.6 Å². The SMILES string of the molecule is CCc1ccsc1CNc1cc(C(N)=O)c(N)cc1F. The van der Waals surface area contributed by atoms with E-state index in [9.17, 15) is 9.18 Å². The summed E-state index contributed by atoms with van der Waals surface area (Å²) in [7, 11) is 0. The number of rotatable bonds is 5. The number of halogens is 1. The van der Waals surface area contributed by atoms with Crippen LogP contribution < -0.4 is 16.8 Å². The Morgan fingerprint density at radius 3 is 2.85 bits per heavy atom. The van der Waals surface area contributed by atoms with Gasteiger partial charge in [-0.05, 0) is 35.6 Å². The van der Waals surface area contributed by atoms with E-state index in [-0.39, 0.29) is 16.9 Å². The molecule has 1 aromatic carbocycles. The van der Waals surface area contributed by atoms with Crippen LogP contribution in [-0.2, 0) is 13.0 Å². The summed E-state index contributed by atoms with van der Waals surface area (Å²) in [6.45, 7) is 2.57. The lowest BCUT2D eigenvalue weighted by Crippen LogP contribution is -2.15. The molecule has 0 fully saturated rings. The van der Waals surface area contributed by atoms with Crippen LogP contribution in [0.3, 0.4) is 0 Å². The number of thiophene rings is 1. The number of benzene rings is 1. The van der Waals surface area contributed by atoms with Crippen LogP contribution in [0.1, 0.15) is 27.7 Å². The molecule has 1 heterocycles. The van der Waals surface area contributed by atoms with Crippen LogP contribution in [0, 0.1) is 5.82 Å². The molecule has 0 saturated heterocycles. The summed E-state index contributed by atoms with van der Waals surface area (Å²) in [6, 6.07) is 4.51. The van der Waals surface area contributed by atoms with Crippen LogP contribution >= 0.6 is 11.3 Å². The normalized spacial score (nSPS) is 10.5. The lowest BCUT2D eigenvalue weighted by Gasteiger charge is -2.10. The number of hydrogen-bond acceptors (Lipinski definition) is 4. The Morgan fingerprint density at radius 2 is 2.20 bits per heavy atom. The van der Waals surface area contributed by atoms with Crippen LogP contribution in [0.25, 0.3) is 0 Å². The quantitative estimate of drug-likeness (QED) is 0.741. The van der Waals surface area contributed by atoms with E-state index in [1.807, 2.05) is 5.38 Å². The van der Waals surface area contributed by atoms with E-state index < -0.39 is 11.7 Å². The van der Waals surface area contributed by atoms with Crippen molar-refractivity contribution < 1.29 is 9.18 Å². The zero-order chi connectivity index (χ0) is 14.7. The van der Waals surface area contributed by atoms with E-state index in [2.05, 4.69) is 18.3 Å². The average molecular weight is 293 g/mol. The van der Waals surface area contributed by atoms with Gasteiger partial charge in [0.25, 0.3) is 5.91 Å². The molecule has 0 atom stereocenters. The van der Waals surface area contributed by atoms with Crippen molar-refractivity contribution >= 4 is 28.6 Å². The molecule has 1 aromatic heterocycles. The van der Waals surface area contributed by atoms with Crippen molar-refractivity contribution in [2.24, 2.45) is 5.73 Å². The van der Waals surface area contributed by atoms with Gasteiger partial charge in [0.15, 0.2) is 0 Å². The Bertz CT molecular complexity index is 639. The first-order valence-corrected chi connectivity index (χ1v) is 7.08. The minimum absolute atomic E-state index is 0.0471. The predicted octanol–water partition coefficient (Wildman–Crippen LogP) is 2.74. The molecule has 0 saturated carbocycles. The van der Waals surface area contributed by atoms with Gasteiger partial charge in [-0.2, -0.15) is 0 Å². The second kappa shape index (κ2) is 5.92. The van der Waals surface area contributed by atoms with E-state index in [0.717, 1.165) is 17.4 Å². The fourth-order valence-corrected chi connectivity index (χ4v) is 2.87. The van der Waals surface area contributed by atoms with Gasteiger partial charge in [-0.1, -0.05) is 6.92 Å². The van der Waals surface area contributed by atoms with Crippen molar-refractivity contribution in [2.45, 2.75) is 19.9 Å². The highest BCUT2D eigenvalue weighted by Crippen LogP contribution is 2.24. The highest BCUT2D eigenvalue weighted by molar-refractivity contribution is 7.10. The van der Waals surface area contributed by atoms with Crippen molar-refractivity contribution in [3.63, 3.8) is 0 Å². The summed E-state index contributed by atoms with van der Waals surface area (Å²) >= 11 is 1.61. The second-order valence-corrected chi connectivity index (χ2v) is 5.36. The first kappa shape index (κ1) is 14.3. The van der Waals surface area contributed by atoms with Gasteiger partial charge in [-0.25, -0.2) is 4.39 Å². The molecule has 0 unspecified atom stereocenters. The number of nitrogen functional groups attached to an aromatic ring is 1. The summed E-state index contributed by atoms with van der Waals surface area (Å²) in [4.78, 5) is 12.4. The fraction of sp³-hybridized carbons (Fsp3) is 0.214. The monoisotopic (exact) mass is 293 g/mol. The first-order valence-electron chi connectivity index (χ1n) is 6.20. The Kier molecular flexibility index (Phi) is 4.24. The predicted molar refractivity (Wildman–Crippen MR) is 80.4 cm³/mol. The summed E-state index contributed by atoms with van der Waals surface area (Å²) < 4.78 is 13.8. The maximum atomic E-state index is 13.8. The number of primary amides is 1. The Hall–Kier alpha value is -2.08. The van der Waals surface area contributed by atoms with Gasteiger partial charge in [0.2, 0.25) is 0 Å². The molecular formula is C14H16FN3OS. The maximum Gasteiger partial charge on any atom is 0.250 e. The lowest BCUT2D eigenvalue weighted by atomic mass is 10.1. The fourth-order valence-electron chi connectivity index (χ4n) is 1.95. The average Bonchev–Trinajstić information content (AvgIpc) is 2.84. The van der Waals surface area contributed by atoms with Crippen LogP contribution in [0.5, 0.6) is 0 Å². The standard InChI is InChI=1S/C14H16FN3OS/c1-2-8-3-4-20-13(8)7-18-12-5-9(14(17)19)11(16)6-10(12)15/h3-6,18H,2,7,16H2,1H3,(H2,17,19). The van der Waals surface area contributed by atoms with E-state index in [1.165, 1.54) is 11.6 Å². The molecule has 0 aliphatic heterocycles. The van der Waals surface area contributed by atoms with Crippen molar-refractivity contribution in [3.05, 3.63) is 45.4 Å². The molecule has 2 rings (SSSR count). The number of nitrogens with one attached hydrogen (secondary N) is 1. The number of anilines is 2. The third-order valence-corrected chi connectivity index (χ3v) is 4.03. The molecule has 20 heavy (non-hydrogen) atoms. The molecule has 5 N–H and O–H groups in total. The van der Waals surface area contributed by atoms with E-state index in [0.29, 0.717) is 6.54 Å². The van der Waals surface area contributed by atoms with Gasteiger partial charge >= 0.3 is 0 Å². The third-order valence-electron chi connectivity index (χ3n) is 3.06. The largest absolute Gasteiger partial charge is 0.398 e. The highest BCUT2D eigenvalue weighted by atomic mass is 32.1. The molecule has 0 bridgehead atoms. The summed E-state index contributed by atoms with van der Waals surface area (Å²) in [5, 5.41) is 4.99. The maximum absolute atomic E-state index is 13.8. The zero-order valence-electron chi connectivity index (χ0n) is 11.1. The van der Waals surface area contributed by atoms with Crippen molar-refractivity contribution in [2.75, 3.05) is 11.1 Å². The second-order valence-electron chi connectivity index (χ2n) is 4.36. The van der Waals surface area contributed by atoms with Gasteiger partial charge in [0.1, 0.15) is 5.82 Å². The Balaban J connectivity index is 2.21. The minimum atomic E-state index is -0.670. The van der Waals surface area contributed by atoms with Crippen LogP contribution in [0.2, 0.25) is 0 Å². The van der Waals surface area contributed by atoms with Crippen molar-refractivity contribution in [1.82, 2.24) is 0 Å². The molecular weight excluding hydrogens is 277 g/mol. The molecule has 0 radical (unpaired) electrons. The molecule has 106 valence electrons. The number of hydrogen-bond donors (Lipinski definition) is 3. The third kappa shape index (κ3) is 2.91. The summed E-state index contributed by atoms with van der Waals surface area (Å²) in [5.74, 6) is -1.17. The van der Waals surface area contributed by atoms with Crippen LogP contribution in [-0.4, -0.2) is 5.91 Å². The number of nitrogens with two attached hydrogens (primary N) is 2. The summed E-state index contributed by atoms with van der Waals surface area (Å²) in [5.41, 5.74) is 12.4. The van der Waals surface area contributed by atoms with Gasteiger partial charge in [0, 0.05) is 17.1 Å². The number of aryl methyl sites for hydroxylation is 1.